The second-order valence-corrected chi connectivity index (χ2v) is 8.74. The Labute approximate surface area is 189 Å². The zero-order valence-corrected chi connectivity index (χ0v) is 18.1. The van der Waals surface area contributed by atoms with Crippen LogP contribution in [0.1, 0.15) is 18.9 Å². The summed E-state index contributed by atoms with van der Waals surface area (Å²) in [5, 5.41) is 8.81. The van der Waals surface area contributed by atoms with Crippen molar-refractivity contribution in [3.05, 3.63) is 42.1 Å². The number of amides is 1. The number of hydrogen-bond acceptors (Lipinski definition) is 5. The first kappa shape index (κ1) is 23.2. The molecule has 2 aromatic heterocycles. The van der Waals surface area contributed by atoms with E-state index in [9.17, 15) is 18.0 Å². The van der Waals surface area contributed by atoms with Crippen LogP contribution in [0.3, 0.4) is 0 Å². The summed E-state index contributed by atoms with van der Waals surface area (Å²) in [6.45, 7) is 1.64. The summed E-state index contributed by atoms with van der Waals surface area (Å²) in [5.41, 5.74) is 0.0150. The van der Waals surface area contributed by atoms with Gasteiger partial charge in [-0.15, -0.1) is 0 Å². The topological polar surface area (TPSA) is 94.7 Å². The standard InChI is InChI=1S/C18H16Cl3F3N6O/c1-2-12(31)27-15(17(19,20)21)30-16-28-13-11(7-8-25-13)14(29-16)26-10-5-3-9(4-6-10)18(22,23)24/h3-8,15H,2H2,1H3,(H,27,31)(H3,25,26,28,29,30). The number of fused-ring (bicyclic) bond motifs is 1. The first-order valence-electron chi connectivity index (χ1n) is 8.89. The van der Waals surface area contributed by atoms with Gasteiger partial charge in [-0.3, -0.25) is 4.79 Å². The SMILES string of the molecule is CCC(=O)NC(Nc1nc(Nc2ccc(C(F)(F)F)cc2)c2cc[nH]c2n1)C(Cl)(Cl)Cl. The Balaban J connectivity index is 1.91. The van der Waals surface area contributed by atoms with Gasteiger partial charge < -0.3 is 20.9 Å². The largest absolute Gasteiger partial charge is 0.416 e. The number of carbonyl (C=O) groups excluding carboxylic acids is 1. The second kappa shape index (κ2) is 8.97. The highest BCUT2D eigenvalue weighted by Gasteiger charge is 2.34. The number of anilines is 3. The molecule has 0 saturated carbocycles. The molecule has 0 aliphatic rings. The number of benzene rings is 1. The summed E-state index contributed by atoms with van der Waals surface area (Å²) < 4.78 is 36.4. The third-order valence-electron chi connectivity index (χ3n) is 4.12. The normalized spacial score (nSPS) is 13.1. The van der Waals surface area contributed by atoms with Crippen molar-refractivity contribution in [2.75, 3.05) is 10.6 Å². The molecule has 3 aromatic rings. The van der Waals surface area contributed by atoms with Crippen LogP contribution >= 0.6 is 34.8 Å². The molecule has 0 radical (unpaired) electrons. The Bertz CT molecular complexity index is 1070. The maximum atomic E-state index is 12.8. The summed E-state index contributed by atoms with van der Waals surface area (Å²) in [6, 6.07) is 6.16. The Morgan fingerprint density at radius 1 is 1.13 bits per heavy atom. The number of alkyl halides is 6. The van der Waals surface area contributed by atoms with Crippen LogP contribution in [0, 0.1) is 0 Å². The van der Waals surface area contributed by atoms with Crippen molar-refractivity contribution in [2.24, 2.45) is 0 Å². The lowest BCUT2D eigenvalue weighted by atomic mass is 10.2. The van der Waals surface area contributed by atoms with Gasteiger partial charge in [-0.25, -0.2) is 0 Å². The van der Waals surface area contributed by atoms with E-state index in [0.717, 1.165) is 12.1 Å². The summed E-state index contributed by atoms with van der Waals surface area (Å²) in [4.78, 5) is 23.3. The van der Waals surface area contributed by atoms with Crippen molar-refractivity contribution in [1.29, 1.82) is 0 Å². The number of halogens is 6. The van der Waals surface area contributed by atoms with E-state index in [4.69, 9.17) is 34.8 Å². The van der Waals surface area contributed by atoms with Gasteiger partial charge in [0.1, 0.15) is 17.6 Å². The zero-order valence-electron chi connectivity index (χ0n) is 15.8. The minimum absolute atomic E-state index is 0.0112. The highest BCUT2D eigenvalue weighted by molar-refractivity contribution is 6.68. The predicted molar refractivity (Wildman–Crippen MR) is 115 cm³/mol. The summed E-state index contributed by atoms with van der Waals surface area (Å²) in [6.07, 6.45) is -3.80. The average molecular weight is 496 g/mol. The number of carbonyl (C=O) groups is 1. The summed E-state index contributed by atoms with van der Waals surface area (Å²) in [5.74, 6) is -0.0663. The van der Waals surface area contributed by atoms with Gasteiger partial charge in [0.25, 0.3) is 0 Å². The molecule has 166 valence electrons. The van der Waals surface area contributed by atoms with Gasteiger partial charge in [0, 0.05) is 18.3 Å². The van der Waals surface area contributed by atoms with Crippen molar-refractivity contribution in [3.8, 4) is 0 Å². The summed E-state index contributed by atoms with van der Waals surface area (Å²) >= 11 is 17.9. The first-order chi connectivity index (χ1) is 14.5. The molecule has 0 saturated heterocycles. The molecule has 1 unspecified atom stereocenters. The van der Waals surface area contributed by atoms with Gasteiger partial charge in [0.05, 0.1) is 10.9 Å². The van der Waals surface area contributed by atoms with Gasteiger partial charge in [0.15, 0.2) is 0 Å². The second-order valence-electron chi connectivity index (χ2n) is 6.38. The highest BCUT2D eigenvalue weighted by Crippen LogP contribution is 2.33. The number of H-pyrrole nitrogens is 1. The molecule has 0 bridgehead atoms. The van der Waals surface area contributed by atoms with Crippen molar-refractivity contribution in [2.45, 2.75) is 29.5 Å². The van der Waals surface area contributed by atoms with Gasteiger partial charge in [-0.2, -0.15) is 23.1 Å². The smallest absolute Gasteiger partial charge is 0.346 e. The van der Waals surface area contributed by atoms with E-state index in [1.807, 2.05) is 0 Å². The van der Waals surface area contributed by atoms with Crippen molar-refractivity contribution < 1.29 is 18.0 Å². The number of nitrogens with zero attached hydrogens (tertiary/aromatic N) is 2. The third-order valence-corrected chi connectivity index (χ3v) is 4.77. The van der Waals surface area contributed by atoms with Gasteiger partial charge >= 0.3 is 6.18 Å². The van der Waals surface area contributed by atoms with E-state index in [0.29, 0.717) is 22.5 Å². The Hall–Kier alpha value is -2.43. The molecule has 1 atom stereocenters. The lowest BCUT2D eigenvalue weighted by molar-refractivity contribution is -0.137. The number of nitrogens with one attached hydrogen (secondary N) is 4. The van der Waals surface area contributed by atoms with Crippen LogP contribution in [-0.2, 0) is 11.0 Å². The Morgan fingerprint density at radius 2 is 1.81 bits per heavy atom. The predicted octanol–water partition coefficient (Wildman–Crippen LogP) is 5.35. The number of hydrogen-bond donors (Lipinski definition) is 4. The summed E-state index contributed by atoms with van der Waals surface area (Å²) in [7, 11) is 0. The molecule has 4 N–H and O–H groups in total. The number of aromatic amines is 1. The van der Waals surface area contributed by atoms with Gasteiger partial charge in [0.2, 0.25) is 15.6 Å². The lowest BCUT2D eigenvalue weighted by Crippen LogP contribution is -2.49. The molecule has 3 rings (SSSR count). The monoisotopic (exact) mass is 494 g/mol. The highest BCUT2D eigenvalue weighted by atomic mass is 35.6. The molecule has 0 fully saturated rings. The van der Waals surface area contributed by atoms with Crippen molar-refractivity contribution in [1.82, 2.24) is 20.3 Å². The van der Waals surface area contributed by atoms with E-state index in [-0.39, 0.29) is 18.3 Å². The number of rotatable bonds is 6. The molecule has 1 aromatic carbocycles. The van der Waals surface area contributed by atoms with Crippen LogP contribution < -0.4 is 16.0 Å². The van der Waals surface area contributed by atoms with Crippen LogP contribution in [0.25, 0.3) is 11.0 Å². The van der Waals surface area contributed by atoms with Crippen molar-refractivity contribution in [3.63, 3.8) is 0 Å². The average Bonchev–Trinajstić information content (AvgIpc) is 3.15. The van der Waals surface area contributed by atoms with E-state index in [2.05, 4.69) is 30.9 Å². The molecule has 0 aliphatic carbocycles. The molecule has 0 aliphatic heterocycles. The third kappa shape index (κ3) is 5.84. The maximum absolute atomic E-state index is 12.8. The van der Waals surface area contributed by atoms with Gasteiger partial charge in [-0.1, -0.05) is 41.7 Å². The fourth-order valence-corrected chi connectivity index (χ4v) is 2.90. The minimum atomic E-state index is -4.44. The molecular formula is C18H16Cl3F3N6O. The van der Waals surface area contributed by atoms with E-state index in [1.54, 1.807) is 19.2 Å². The van der Waals surface area contributed by atoms with Crippen LogP contribution in [0.4, 0.5) is 30.6 Å². The quantitative estimate of drug-likeness (QED) is 0.273. The zero-order chi connectivity index (χ0) is 22.8. The molecule has 2 heterocycles. The number of aromatic nitrogens is 3. The van der Waals surface area contributed by atoms with Crippen LogP contribution in [-0.4, -0.2) is 30.8 Å². The first-order valence-corrected chi connectivity index (χ1v) is 10.0. The molecule has 0 spiro atoms. The fraction of sp³-hybridized carbons (Fsp3) is 0.278. The fourth-order valence-electron chi connectivity index (χ4n) is 2.57. The molecule has 1 amide bonds. The van der Waals surface area contributed by atoms with E-state index >= 15 is 0 Å². The maximum Gasteiger partial charge on any atom is 0.416 e. The van der Waals surface area contributed by atoms with Crippen LogP contribution in [0.5, 0.6) is 0 Å². The Kier molecular flexibility index (Phi) is 6.73. The lowest BCUT2D eigenvalue weighted by Gasteiger charge is -2.26. The van der Waals surface area contributed by atoms with E-state index in [1.165, 1.54) is 12.1 Å². The Morgan fingerprint density at radius 3 is 2.39 bits per heavy atom. The minimum Gasteiger partial charge on any atom is -0.346 e. The van der Waals surface area contributed by atoms with Crippen molar-refractivity contribution >= 4 is 69.2 Å². The van der Waals surface area contributed by atoms with E-state index < -0.39 is 21.7 Å². The molecule has 31 heavy (non-hydrogen) atoms. The molecule has 7 nitrogen and oxygen atoms in total. The van der Waals surface area contributed by atoms with Crippen LogP contribution in [0.15, 0.2) is 36.5 Å². The van der Waals surface area contributed by atoms with Gasteiger partial charge in [-0.05, 0) is 30.3 Å². The molecule has 13 heteroatoms. The molecular weight excluding hydrogens is 480 g/mol. The van der Waals surface area contributed by atoms with Crippen LogP contribution in [0.2, 0.25) is 0 Å².